The van der Waals surface area contributed by atoms with Gasteiger partial charge in [-0.25, -0.2) is 4.79 Å². The number of hydrogen-bond donors (Lipinski definition) is 2. The average molecular weight is 360 g/mol. The molecule has 7 atom stereocenters. The van der Waals surface area contributed by atoms with Crippen LogP contribution in [-0.4, -0.2) is 33.9 Å². The molecule has 2 N–H and O–H groups in total. The zero-order valence-electron chi connectivity index (χ0n) is 15.5. The molecule has 0 radical (unpaired) electrons. The van der Waals surface area contributed by atoms with Crippen LogP contribution in [0.25, 0.3) is 0 Å². The van der Waals surface area contributed by atoms with Crippen molar-refractivity contribution < 1.29 is 24.6 Å². The van der Waals surface area contributed by atoms with E-state index < -0.39 is 29.2 Å². The maximum atomic E-state index is 12.3. The van der Waals surface area contributed by atoms with Crippen molar-refractivity contribution in [2.24, 2.45) is 34.5 Å². The highest BCUT2D eigenvalue weighted by Crippen LogP contribution is 2.66. The van der Waals surface area contributed by atoms with E-state index in [4.69, 9.17) is 0 Å². The van der Waals surface area contributed by atoms with Crippen molar-refractivity contribution >= 4 is 17.5 Å². The Bertz CT molecular complexity index is 709. The summed E-state index contributed by atoms with van der Waals surface area (Å²) in [5, 5.41) is 20.4. The molecule has 3 fully saturated rings. The minimum Gasteiger partial charge on any atom is -0.475 e. The summed E-state index contributed by atoms with van der Waals surface area (Å²) in [6.45, 7) is 4.22. The Labute approximate surface area is 153 Å². The van der Waals surface area contributed by atoms with Crippen molar-refractivity contribution in [3.05, 3.63) is 11.6 Å². The molecule has 5 heteroatoms. The van der Waals surface area contributed by atoms with Crippen molar-refractivity contribution in [3.63, 3.8) is 0 Å². The average Bonchev–Trinajstić information content (AvgIpc) is 2.90. The minimum absolute atomic E-state index is 0.104. The van der Waals surface area contributed by atoms with E-state index in [9.17, 15) is 24.6 Å². The van der Waals surface area contributed by atoms with Crippen LogP contribution in [0.4, 0.5) is 0 Å². The second-order valence-electron chi connectivity index (χ2n) is 9.46. The zero-order chi connectivity index (χ0) is 18.9. The van der Waals surface area contributed by atoms with Crippen LogP contribution in [0.2, 0.25) is 0 Å². The summed E-state index contributed by atoms with van der Waals surface area (Å²) in [5.41, 5.74) is 0.610. The largest absolute Gasteiger partial charge is 0.475 e. The summed E-state index contributed by atoms with van der Waals surface area (Å²) >= 11 is 0. The van der Waals surface area contributed by atoms with Gasteiger partial charge in [0, 0.05) is 12.3 Å². The second kappa shape index (κ2) is 5.75. The summed E-state index contributed by atoms with van der Waals surface area (Å²) in [6.07, 6.45) is 6.35. The Morgan fingerprint density at radius 3 is 2.58 bits per heavy atom. The van der Waals surface area contributed by atoms with Crippen LogP contribution in [0, 0.1) is 34.5 Å². The van der Waals surface area contributed by atoms with Crippen LogP contribution in [-0.2, 0) is 14.4 Å². The molecule has 26 heavy (non-hydrogen) atoms. The van der Waals surface area contributed by atoms with E-state index in [-0.39, 0.29) is 23.0 Å². The lowest BCUT2D eigenvalue weighted by atomic mass is 9.46. The molecule has 0 heterocycles. The topological polar surface area (TPSA) is 91.7 Å². The third-order valence-electron chi connectivity index (χ3n) is 8.42. The van der Waals surface area contributed by atoms with Crippen molar-refractivity contribution in [1.82, 2.24) is 0 Å². The van der Waals surface area contributed by atoms with Gasteiger partial charge < -0.3 is 10.2 Å². The zero-order valence-corrected chi connectivity index (χ0v) is 15.5. The molecule has 0 aromatic rings. The number of carbonyl (C=O) groups is 3. The molecule has 5 nitrogen and oxygen atoms in total. The first-order valence-electron chi connectivity index (χ1n) is 9.87. The fraction of sp³-hybridized carbons (Fsp3) is 0.762. The number of hydrogen-bond acceptors (Lipinski definition) is 4. The Morgan fingerprint density at radius 1 is 1.15 bits per heavy atom. The third-order valence-corrected chi connectivity index (χ3v) is 8.42. The SMILES string of the molecule is C[C@]12C[C@H](O)[C@H]3[C@@H](CCC4=CC(=O)CC[C@@]43C)[C@@H]1CC[C@@H]2C(=O)C(=O)O. The first-order chi connectivity index (χ1) is 12.2. The number of carboxylic acids is 1. The lowest BCUT2D eigenvalue weighted by Crippen LogP contribution is -2.57. The van der Waals surface area contributed by atoms with E-state index in [1.54, 1.807) is 0 Å². The van der Waals surface area contributed by atoms with Gasteiger partial charge in [0.2, 0.25) is 5.78 Å². The number of aliphatic hydroxyl groups excluding tert-OH is 1. The monoisotopic (exact) mass is 360 g/mol. The first-order valence-corrected chi connectivity index (χ1v) is 9.87. The number of rotatable bonds is 2. The molecule has 0 bridgehead atoms. The summed E-state index contributed by atoms with van der Waals surface area (Å²) < 4.78 is 0. The molecule has 0 spiro atoms. The van der Waals surface area contributed by atoms with Gasteiger partial charge in [-0.1, -0.05) is 19.4 Å². The number of ketones is 2. The summed E-state index contributed by atoms with van der Waals surface area (Å²) in [7, 11) is 0. The molecular formula is C21H28O5. The van der Waals surface area contributed by atoms with E-state index in [1.165, 1.54) is 5.57 Å². The van der Waals surface area contributed by atoms with E-state index in [1.807, 2.05) is 13.0 Å². The van der Waals surface area contributed by atoms with Crippen molar-refractivity contribution in [3.8, 4) is 0 Å². The normalized spacial score (nSPS) is 47.4. The molecule has 4 aliphatic carbocycles. The van der Waals surface area contributed by atoms with Gasteiger partial charge in [0.15, 0.2) is 5.78 Å². The number of Topliss-reactive ketones (excluding diaryl/α,β-unsaturated/α-hetero) is 1. The first kappa shape index (κ1) is 17.9. The Hall–Kier alpha value is -1.49. The van der Waals surface area contributed by atoms with Gasteiger partial charge in [-0.2, -0.15) is 0 Å². The molecular weight excluding hydrogens is 332 g/mol. The number of aliphatic hydroxyl groups is 1. The van der Waals surface area contributed by atoms with E-state index in [0.29, 0.717) is 25.2 Å². The van der Waals surface area contributed by atoms with Gasteiger partial charge in [0.05, 0.1) is 6.10 Å². The molecule has 0 amide bonds. The number of carboxylic acid groups (broad SMARTS) is 1. The van der Waals surface area contributed by atoms with Crippen LogP contribution >= 0.6 is 0 Å². The van der Waals surface area contributed by atoms with Crippen LogP contribution < -0.4 is 0 Å². The van der Waals surface area contributed by atoms with E-state index in [0.717, 1.165) is 25.7 Å². The second-order valence-corrected chi connectivity index (χ2v) is 9.46. The van der Waals surface area contributed by atoms with Crippen LogP contribution in [0.1, 0.15) is 58.8 Å². The predicted octanol–water partition coefficient (Wildman–Crippen LogP) is 2.76. The number of aliphatic carboxylic acids is 1. The molecule has 3 saturated carbocycles. The highest BCUT2D eigenvalue weighted by atomic mass is 16.4. The van der Waals surface area contributed by atoms with Gasteiger partial charge in [0.1, 0.15) is 0 Å². The van der Waals surface area contributed by atoms with E-state index >= 15 is 0 Å². The summed E-state index contributed by atoms with van der Waals surface area (Å²) in [6, 6.07) is 0. The number of allylic oxidation sites excluding steroid dienone is 1. The molecule has 0 aromatic heterocycles. The van der Waals surface area contributed by atoms with Gasteiger partial charge in [-0.05, 0) is 73.2 Å². The molecule has 0 unspecified atom stereocenters. The van der Waals surface area contributed by atoms with Gasteiger partial charge in [-0.3, -0.25) is 9.59 Å². The number of fused-ring (bicyclic) bond motifs is 5. The van der Waals surface area contributed by atoms with Crippen molar-refractivity contribution in [2.45, 2.75) is 64.9 Å². The number of carbonyl (C=O) groups excluding carboxylic acids is 2. The Balaban J connectivity index is 1.70. The molecule has 4 rings (SSSR count). The third kappa shape index (κ3) is 2.29. The van der Waals surface area contributed by atoms with Gasteiger partial charge in [-0.15, -0.1) is 0 Å². The molecule has 0 aliphatic heterocycles. The van der Waals surface area contributed by atoms with Gasteiger partial charge in [0.25, 0.3) is 0 Å². The van der Waals surface area contributed by atoms with Crippen LogP contribution in [0.15, 0.2) is 11.6 Å². The van der Waals surface area contributed by atoms with Crippen molar-refractivity contribution in [2.75, 3.05) is 0 Å². The van der Waals surface area contributed by atoms with Gasteiger partial charge >= 0.3 is 5.97 Å². The fourth-order valence-electron chi connectivity index (χ4n) is 7.27. The van der Waals surface area contributed by atoms with Crippen LogP contribution in [0.3, 0.4) is 0 Å². The maximum absolute atomic E-state index is 12.3. The standard InChI is InChI=1S/C21H28O5/c1-20-8-7-12(22)9-11(20)3-4-13-14-5-6-15(18(24)19(25)26)21(14,2)10-16(23)17(13)20/h9,13-17,23H,3-8,10H2,1-2H3,(H,25,26)/t13-,14-,15+,16-,17+,20-,21-/m0/s1. The fourth-order valence-corrected chi connectivity index (χ4v) is 7.27. The smallest absolute Gasteiger partial charge is 0.372 e. The Morgan fingerprint density at radius 2 is 1.88 bits per heavy atom. The molecule has 142 valence electrons. The molecule has 0 aromatic carbocycles. The Kier molecular flexibility index (Phi) is 3.96. The minimum atomic E-state index is -1.35. The quantitative estimate of drug-likeness (QED) is 0.739. The summed E-state index contributed by atoms with van der Waals surface area (Å²) in [4.78, 5) is 35.4. The lowest BCUT2D eigenvalue weighted by Gasteiger charge is -2.59. The van der Waals surface area contributed by atoms with Crippen molar-refractivity contribution in [1.29, 1.82) is 0 Å². The van der Waals surface area contributed by atoms with Crippen LogP contribution in [0.5, 0.6) is 0 Å². The molecule has 0 saturated heterocycles. The highest BCUT2D eigenvalue weighted by molar-refractivity contribution is 6.33. The molecule has 4 aliphatic rings. The van der Waals surface area contributed by atoms with E-state index in [2.05, 4.69) is 6.92 Å². The highest BCUT2D eigenvalue weighted by Gasteiger charge is 2.63. The predicted molar refractivity (Wildman–Crippen MR) is 94.2 cm³/mol. The summed E-state index contributed by atoms with van der Waals surface area (Å²) in [5.74, 6) is -1.65. The maximum Gasteiger partial charge on any atom is 0.372 e. The lowest BCUT2D eigenvalue weighted by molar-refractivity contribution is -0.159.